The number of nitrogens with zero attached hydrogens (tertiary/aromatic N) is 4. The number of carbonyl (C=O) groups is 1. The van der Waals surface area contributed by atoms with Crippen molar-refractivity contribution < 1.29 is 19.4 Å². The number of benzene rings is 2. The van der Waals surface area contributed by atoms with Crippen molar-refractivity contribution in [1.82, 2.24) is 4.90 Å². The lowest BCUT2D eigenvalue weighted by molar-refractivity contribution is -0.385. The molecule has 0 aliphatic carbocycles. The maximum absolute atomic E-state index is 12.1. The molecule has 0 radical (unpaired) electrons. The molecular formula is C19H19ClN4O6. The predicted molar refractivity (Wildman–Crippen MR) is 110 cm³/mol. The number of non-ortho nitro benzene ring substituents is 2. The first-order chi connectivity index (χ1) is 14.3. The van der Waals surface area contributed by atoms with Crippen LogP contribution in [0.25, 0.3) is 0 Å². The van der Waals surface area contributed by atoms with Crippen molar-refractivity contribution >= 4 is 34.6 Å². The minimum absolute atomic E-state index is 0.0223. The molecule has 10 nitrogen and oxygen atoms in total. The van der Waals surface area contributed by atoms with E-state index in [1.165, 1.54) is 24.3 Å². The number of hydrogen-bond donors (Lipinski definition) is 0. The maximum atomic E-state index is 12.1. The highest BCUT2D eigenvalue weighted by Crippen LogP contribution is 2.23. The average molecular weight is 435 g/mol. The highest BCUT2D eigenvalue weighted by molar-refractivity contribution is 6.33. The molecule has 0 spiro atoms. The van der Waals surface area contributed by atoms with E-state index in [1.807, 2.05) is 0 Å². The van der Waals surface area contributed by atoms with Gasteiger partial charge in [-0.15, -0.1) is 0 Å². The largest absolute Gasteiger partial charge is 0.461 e. The van der Waals surface area contributed by atoms with Gasteiger partial charge in [0.25, 0.3) is 11.4 Å². The fourth-order valence-corrected chi connectivity index (χ4v) is 3.40. The van der Waals surface area contributed by atoms with Gasteiger partial charge in [0.2, 0.25) is 0 Å². The van der Waals surface area contributed by atoms with Crippen LogP contribution in [0, 0.1) is 20.2 Å². The summed E-state index contributed by atoms with van der Waals surface area (Å²) < 4.78 is 5.25. The number of halogens is 1. The van der Waals surface area contributed by atoms with Crippen LogP contribution in [0.4, 0.5) is 17.1 Å². The number of ether oxygens (including phenoxy) is 1. The SMILES string of the molecule is O=C(OCCN1CCN(c2ccc([N+](=O)[O-])cc2)CC1)c1ccc([N+](=O)[O-])cc1Cl. The van der Waals surface area contributed by atoms with Crippen LogP contribution >= 0.6 is 11.6 Å². The zero-order valence-corrected chi connectivity index (χ0v) is 16.7. The van der Waals surface area contributed by atoms with Gasteiger partial charge in [-0.1, -0.05) is 11.6 Å². The van der Waals surface area contributed by atoms with E-state index in [9.17, 15) is 25.0 Å². The average Bonchev–Trinajstić information content (AvgIpc) is 2.74. The first kappa shape index (κ1) is 21.5. The molecule has 0 amide bonds. The number of hydrogen-bond acceptors (Lipinski definition) is 8. The second-order valence-electron chi connectivity index (χ2n) is 6.66. The number of nitro groups is 2. The maximum Gasteiger partial charge on any atom is 0.339 e. The van der Waals surface area contributed by atoms with Crippen molar-refractivity contribution in [2.75, 3.05) is 44.2 Å². The van der Waals surface area contributed by atoms with Crippen molar-refractivity contribution in [3.05, 3.63) is 73.3 Å². The standard InChI is InChI=1S/C19H19ClN4O6/c20-18-13-16(24(28)29)5-6-17(18)19(25)30-12-11-21-7-9-22(10-8-21)14-1-3-15(4-2-14)23(26)27/h1-6,13H,7-12H2. The Balaban J connectivity index is 1.44. The van der Waals surface area contributed by atoms with Crippen molar-refractivity contribution in [1.29, 1.82) is 0 Å². The number of piperazine rings is 1. The molecule has 1 aliphatic rings. The van der Waals surface area contributed by atoms with Gasteiger partial charge in [-0.2, -0.15) is 0 Å². The predicted octanol–water partition coefficient (Wildman–Crippen LogP) is 3.14. The molecular weight excluding hydrogens is 416 g/mol. The summed E-state index contributed by atoms with van der Waals surface area (Å²) in [7, 11) is 0. The van der Waals surface area contributed by atoms with Gasteiger partial charge in [-0.05, 0) is 18.2 Å². The third-order valence-corrected chi connectivity index (χ3v) is 5.13. The van der Waals surface area contributed by atoms with E-state index >= 15 is 0 Å². The zero-order chi connectivity index (χ0) is 21.7. The Morgan fingerprint density at radius 1 is 0.967 bits per heavy atom. The van der Waals surface area contributed by atoms with Gasteiger partial charge in [0.05, 0.1) is 20.4 Å². The van der Waals surface area contributed by atoms with Crippen molar-refractivity contribution in [2.24, 2.45) is 0 Å². The summed E-state index contributed by atoms with van der Waals surface area (Å²) in [6, 6.07) is 10.1. The normalized spacial score (nSPS) is 14.4. The van der Waals surface area contributed by atoms with Crippen LogP contribution in [0.5, 0.6) is 0 Å². The first-order valence-electron chi connectivity index (χ1n) is 9.18. The Bertz CT molecular complexity index is 945. The Morgan fingerprint density at radius 2 is 1.57 bits per heavy atom. The minimum atomic E-state index is -0.626. The number of anilines is 1. The molecule has 2 aromatic carbocycles. The lowest BCUT2D eigenvalue weighted by Crippen LogP contribution is -2.47. The van der Waals surface area contributed by atoms with Crippen LogP contribution in [-0.4, -0.2) is 60.0 Å². The van der Waals surface area contributed by atoms with Crippen molar-refractivity contribution in [2.45, 2.75) is 0 Å². The molecule has 0 saturated carbocycles. The van der Waals surface area contributed by atoms with Crippen LogP contribution < -0.4 is 4.90 Å². The fourth-order valence-electron chi connectivity index (χ4n) is 3.14. The van der Waals surface area contributed by atoms with Gasteiger partial charge in [-0.25, -0.2) is 4.79 Å². The van der Waals surface area contributed by atoms with E-state index in [-0.39, 0.29) is 28.6 Å². The molecule has 1 saturated heterocycles. The molecule has 0 atom stereocenters. The number of nitro benzene ring substituents is 2. The summed E-state index contributed by atoms with van der Waals surface area (Å²) in [5.41, 5.74) is 0.888. The summed E-state index contributed by atoms with van der Waals surface area (Å²) in [5.74, 6) is -0.626. The second kappa shape index (κ2) is 9.51. The van der Waals surface area contributed by atoms with Gasteiger partial charge < -0.3 is 9.64 Å². The highest BCUT2D eigenvalue weighted by atomic mass is 35.5. The van der Waals surface area contributed by atoms with Crippen LogP contribution in [0.3, 0.4) is 0 Å². The molecule has 1 aliphatic heterocycles. The summed E-state index contributed by atoms with van der Waals surface area (Å²) in [4.78, 5) is 36.9. The van der Waals surface area contributed by atoms with Crippen LogP contribution in [-0.2, 0) is 4.74 Å². The lowest BCUT2D eigenvalue weighted by Gasteiger charge is -2.35. The van der Waals surface area contributed by atoms with Crippen molar-refractivity contribution in [3.63, 3.8) is 0 Å². The molecule has 158 valence electrons. The summed E-state index contributed by atoms with van der Waals surface area (Å²) >= 11 is 5.94. The van der Waals surface area contributed by atoms with E-state index in [0.717, 1.165) is 37.9 Å². The topological polar surface area (TPSA) is 119 Å². The van der Waals surface area contributed by atoms with E-state index in [0.29, 0.717) is 6.54 Å². The Hall–Kier alpha value is -3.24. The summed E-state index contributed by atoms with van der Waals surface area (Å²) in [5, 5.41) is 21.5. The first-order valence-corrected chi connectivity index (χ1v) is 9.56. The second-order valence-corrected chi connectivity index (χ2v) is 7.07. The third-order valence-electron chi connectivity index (χ3n) is 4.82. The molecule has 30 heavy (non-hydrogen) atoms. The molecule has 11 heteroatoms. The van der Waals surface area contributed by atoms with Gasteiger partial charge in [-0.3, -0.25) is 25.1 Å². The minimum Gasteiger partial charge on any atom is -0.461 e. The molecule has 3 rings (SSSR count). The van der Waals surface area contributed by atoms with Crippen LogP contribution in [0.1, 0.15) is 10.4 Å². The van der Waals surface area contributed by atoms with E-state index in [1.54, 1.807) is 12.1 Å². The lowest BCUT2D eigenvalue weighted by atomic mass is 10.2. The van der Waals surface area contributed by atoms with Crippen LogP contribution in [0.2, 0.25) is 5.02 Å². The number of carbonyl (C=O) groups excluding carboxylic acids is 1. The summed E-state index contributed by atoms with van der Waals surface area (Å²) in [6.07, 6.45) is 0. The summed E-state index contributed by atoms with van der Waals surface area (Å²) in [6.45, 7) is 3.73. The molecule has 2 aromatic rings. The smallest absolute Gasteiger partial charge is 0.339 e. The molecule has 0 aromatic heterocycles. The Labute approximate surface area is 176 Å². The van der Waals surface area contributed by atoms with E-state index in [4.69, 9.17) is 16.3 Å². The van der Waals surface area contributed by atoms with Gasteiger partial charge in [0.15, 0.2) is 0 Å². The van der Waals surface area contributed by atoms with Gasteiger partial charge in [0.1, 0.15) is 6.61 Å². The highest BCUT2D eigenvalue weighted by Gasteiger charge is 2.19. The third kappa shape index (κ3) is 5.22. The number of rotatable bonds is 7. The van der Waals surface area contributed by atoms with E-state index < -0.39 is 15.8 Å². The molecule has 0 N–H and O–H groups in total. The van der Waals surface area contributed by atoms with Crippen molar-refractivity contribution in [3.8, 4) is 0 Å². The molecule has 1 heterocycles. The van der Waals surface area contributed by atoms with Gasteiger partial charge in [0, 0.05) is 62.7 Å². The number of esters is 1. The zero-order valence-electron chi connectivity index (χ0n) is 15.9. The van der Waals surface area contributed by atoms with Gasteiger partial charge >= 0.3 is 5.97 Å². The Morgan fingerprint density at radius 3 is 2.13 bits per heavy atom. The Kier molecular flexibility index (Phi) is 6.80. The quantitative estimate of drug-likeness (QED) is 0.370. The van der Waals surface area contributed by atoms with E-state index in [2.05, 4.69) is 9.80 Å². The molecule has 0 unspecified atom stereocenters. The fraction of sp³-hybridized carbons (Fsp3) is 0.316. The monoisotopic (exact) mass is 434 g/mol. The molecule has 1 fully saturated rings. The van der Waals surface area contributed by atoms with Crippen LogP contribution in [0.15, 0.2) is 42.5 Å². The molecule has 0 bridgehead atoms.